The van der Waals surface area contributed by atoms with Crippen molar-refractivity contribution < 1.29 is 14.0 Å². The molecule has 0 amide bonds. The first-order valence-corrected chi connectivity index (χ1v) is 12.2. The van der Waals surface area contributed by atoms with E-state index < -0.39 is 12.6 Å². The van der Waals surface area contributed by atoms with Crippen LogP contribution in [0.4, 0.5) is 5.00 Å². The van der Waals surface area contributed by atoms with Gasteiger partial charge in [0.15, 0.2) is 0 Å². The fourth-order valence-corrected chi connectivity index (χ4v) is 5.10. The Morgan fingerprint density at radius 1 is 1.19 bits per heavy atom. The molecule has 1 aromatic carbocycles. The SMILES string of the molecule is O=[N+]([O-])c1cnc(-c2ccc(COP(=O)(NCCBr)NCCBr)cc2)s1. The number of hydrogen-bond donors (Lipinski definition) is 2. The van der Waals surface area contributed by atoms with Crippen LogP contribution in [0.2, 0.25) is 0 Å². The Bertz CT molecular complexity index is 763. The molecule has 2 rings (SSSR count). The normalized spacial score (nSPS) is 11.6. The molecule has 0 fully saturated rings. The van der Waals surface area contributed by atoms with Crippen LogP contribution >= 0.6 is 50.9 Å². The highest BCUT2D eigenvalue weighted by Gasteiger charge is 2.21. The van der Waals surface area contributed by atoms with Crippen molar-refractivity contribution in [3.63, 3.8) is 0 Å². The number of nitrogens with zero attached hydrogens (tertiary/aromatic N) is 2. The van der Waals surface area contributed by atoms with E-state index in [2.05, 4.69) is 47.0 Å². The molecule has 0 saturated heterocycles. The molecule has 0 spiro atoms. The lowest BCUT2D eigenvalue weighted by Gasteiger charge is -2.20. The van der Waals surface area contributed by atoms with Crippen molar-refractivity contribution in [3.8, 4) is 10.6 Å². The van der Waals surface area contributed by atoms with Crippen LogP contribution in [-0.2, 0) is 15.7 Å². The van der Waals surface area contributed by atoms with Crippen LogP contribution in [0.3, 0.4) is 0 Å². The summed E-state index contributed by atoms with van der Waals surface area (Å²) in [5.74, 6) is 0. The number of rotatable bonds is 11. The van der Waals surface area contributed by atoms with Crippen molar-refractivity contribution in [2.75, 3.05) is 23.7 Å². The van der Waals surface area contributed by atoms with Gasteiger partial charge in [-0.25, -0.2) is 15.2 Å². The molecule has 142 valence electrons. The monoisotopic (exact) mass is 526 g/mol. The third kappa shape index (κ3) is 6.49. The Kier molecular flexibility index (Phi) is 8.82. The maximum atomic E-state index is 12.7. The first-order chi connectivity index (χ1) is 12.5. The lowest BCUT2D eigenvalue weighted by molar-refractivity contribution is -0.380. The number of aromatic nitrogens is 1. The van der Waals surface area contributed by atoms with E-state index in [1.165, 1.54) is 6.20 Å². The lowest BCUT2D eigenvalue weighted by Crippen LogP contribution is -2.26. The molecule has 26 heavy (non-hydrogen) atoms. The summed E-state index contributed by atoms with van der Waals surface area (Å²) in [5, 5.41) is 18.4. The summed E-state index contributed by atoms with van der Waals surface area (Å²) >= 11 is 7.59. The molecular formula is C14H17Br2N4O4PS. The van der Waals surface area contributed by atoms with E-state index in [1.807, 2.05) is 24.3 Å². The molecule has 8 nitrogen and oxygen atoms in total. The van der Waals surface area contributed by atoms with Gasteiger partial charge in [0.2, 0.25) is 0 Å². The molecule has 0 aliphatic carbocycles. The zero-order valence-electron chi connectivity index (χ0n) is 13.6. The highest BCUT2D eigenvalue weighted by Crippen LogP contribution is 2.38. The summed E-state index contributed by atoms with van der Waals surface area (Å²) in [4.78, 5) is 14.3. The zero-order chi connectivity index (χ0) is 19.0. The van der Waals surface area contributed by atoms with E-state index in [0.717, 1.165) is 22.5 Å². The van der Waals surface area contributed by atoms with E-state index in [1.54, 1.807) is 0 Å². The van der Waals surface area contributed by atoms with Gasteiger partial charge in [-0.1, -0.05) is 56.1 Å². The second-order valence-electron chi connectivity index (χ2n) is 4.98. The minimum Gasteiger partial charge on any atom is -0.301 e. The number of thiazole rings is 1. The Morgan fingerprint density at radius 2 is 1.81 bits per heavy atom. The Labute approximate surface area is 171 Å². The van der Waals surface area contributed by atoms with Gasteiger partial charge in [-0.3, -0.25) is 14.7 Å². The molecule has 0 bridgehead atoms. The Hall–Kier alpha value is -0.680. The van der Waals surface area contributed by atoms with Gasteiger partial charge in [0.25, 0.3) is 0 Å². The van der Waals surface area contributed by atoms with Crippen LogP contribution in [0.1, 0.15) is 5.56 Å². The molecule has 2 N–H and O–H groups in total. The molecule has 1 aromatic heterocycles. The summed E-state index contributed by atoms with van der Waals surface area (Å²) in [6, 6.07) is 7.26. The molecular weight excluding hydrogens is 511 g/mol. The average Bonchev–Trinajstić information content (AvgIpc) is 3.14. The fourth-order valence-electron chi connectivity index (χ4n) is 1.92. The highest BCUT2D eigenvalue weighted by atomic mass is 79.9. The van der Waals surface area contributed by atoms with Gasteiger partial charge >= 0.3 is 12.7 Å². The molecule has 1 heterocycles. The van der Waals surface area contributed by atoms with Crippen molar-refractivity contribution in [2.24, 2.45) is 0 Å². The van der Waals surface area contributed by atoms with Crippen molar-refractivity contribution in [3.05, 3.63) is 46.1 Å². The number of hydrogen-bond acceptors (Lipinski definition) is 6. The maximum Gasteiger partial charge on any atom is 0.344 e. The van der Waals surface area contributed by atoms with Crippen LogP contribution in [0, 0.1) is 10.1 Å². The number of halogens is 2. The van der Waals surface area contributed by atoms with Crippen molar-refractivity contribution in [1.29, 1.82) is 0 Å². The summed E-state index contributed by atoms with van der Waals surface area (Å²) in [5.41, 5.74) is 1.62. The Morgan fingerprint density at radius 3 is 2.31 bits per heavy atom. The molecule has 0 atom stereocenters. The molecule has 0 unspecified atom stereocenters. The summed E-state index contributed by atoms with van der Waals surface area (Å²) < 4.78 is 18.3. The summed E-state index contributed by atoms with van der Waals surface area (Å²) in [6.45, 7) is 1.18. The molecule has 2 aromatic rings. The lowest BCUT2D eigenvalue weighted by atomic mass is 10.1. The van der Waals surface area contributed by atoms with Crippen LogP contribution < -0.4 is 10.2 Å². The largest absolute Gasteiger partial charge is 0.344 e. The number of alkyl halides is 2. The number of nitro groups is 1. The zero-order valence-corrected chi connectivity index (χ0v) is 18.4. The second-order valence-corrected chi connectivity index (χ2v) is 9.57. The first kappa shape index (κ1) is 21.6. The fraction of sp³-hybridized carbons (Fsp3) is 0.357. The second kappa shape index (κ2) is 10.6. The van der Waals surface area contributed by atoms with Crippen molar-refractivity contribution >= 4 is 55.9 Å². The molecule has 0 saturated carbocycles. The number of benzene rings is 1. The average molecular weight is 528 g/mol. The highest BCUT2D eigenvalue weighted by molar-refractivity contribution is 9.09. The van der Waals surface area contributed by atoms with Gasteiger partial charge < -0.3 is 4.52 Å². The quantitative estimate of drug-likeness (QED) is 0.194. The van der Waals surface area contributed by atoms with Gasteiger partial charge in [0.1, 0.15) is 11.2 Å². The predicted octanol–water partition coefficient (Wildman–Crippen LogP) is 4.31. The van der Waals surface area contributed by atoms with Gasteiger partial charge in [-0.15, -0.1) is 0 Å². The van der Waals surface area contributed by atoms with E-state index in [-0.39, 0.29) is 11.6 Å². The predicted molar refractivity (Wildman–Crippen MR) is 110 cm³/mol. The third-order valence-electron chi connectivity index (χ3n) is 3.12. The first-order valence-electron chi connectivity index (χ1n) is 7.54. The van der Waals surface area contributed by atoms with Crippen LogP contribution in [0.5, 0.6) is 0 Å². The van der Waals surface area contributed by atoms with Crippen LogP contribution in [0.25, 0.3) is 10.6 Å². The molecule has 0 radical (unpaired) electrons. The van der Waals surface area contributed by atoms with Gasteiger partial charge in [0.05, 0.1) is 11.5 Å². The van der Waals surface area contributed by atoms with E-state index in [9.17, 15) is 14.7 Å². The molecule has 12 heteroatoms. The summed E-state index contributed by atoms with van der Waals surface area (Å²) in [6.07, 6.45) is 1.25. The van der Waals surface area contributed by atoms with Gasteiger partial charge in [-0.2, -0.15) is 0 Å². The van der Waals surface area contributed by atoms with Gasteiger partial charge in [0, 0.05) is 29.3 Å². The minimum atomic E-state index is -3.14. The molecule has 0 aliphatic heterocycles. The molecule has 0 aliphatic rings. The van der Waals surface area contributed by atoms with Crippen LogP contribution in [0.15, 0.2) is 30.5 Å². The summed E-state index contributed by atoms with van der Waals surface area (Å²) in [7, 11) is -3.14. The minimum absolute atomic E-state index is 0.00378. The third-order valence-corrected chi connectivity index (χ3v) is 6.68. The maximum absolute atomic E-state index is 12.7. The van der Waals surface area contributed by atoms with E-state index >= 15 is 0 Å². The van der Waals surface area contributed by atoms with Crippen molar-refractivity contribution in [1.82, 2.24) is 15.2 Å². The van der Waals surface area contributed by atoms with E-state index in [4.69, 9.17) is 4.52 Å². The van der Waals surface area contributed by atoms with Crippen LogP contribution in [-0.4, -0.2) is 33.7 Å². The Balaban J connectivity index is 2.00. The number of nitrogens with one attached hydrogen (secondary N) is 2. The van der Waals surface area contributed by atoms with Gasteiger partial charge in [-0.05, 0) is 16.9 Å². The standard InChI is InChI=1S/C14H17Br2N4O4PS/c15-5-7-18-25(23,19-8-6-16)24-10-11-1-3-12(4-2-11)14-17-9-13(26-14)20(21)22/h1-4,9H,5-8,10H2,(H2,18,19,23). The smallest absolute Gasteiger partial charge is 0.301 e. The topological polar surface area (TPSA) is 106 Å². The van der Waals surface area contributed by atoms with E-state index in [0.29, 0.717) is 28.8 Å². The van der Waals surface area contributed by atoms with Crippen molar-refractivity contribution in [2.45, 2.75) is 6.61 Å².